The molecule has 1 aliphatic carbocycles. The molecule has 3 N–H and O–H groups in total. The highest BCUT2D eigenvalue weighted by Gasteiger charge is 2.58. The van der Waals surface area contributed by atoms with Gasteiger partial charge in [-0.2, -0.15) is 5.26 Å². The van der Waals surface area contributed by atoms with E-state index in [1.165, 1.54) is 23.1 Å². The molecular formula is C25H26F3N5O3. The second-order valence-electron chi connectivity index (χ2n) is 10.0. The molecule has 5 rings (SSSR count). The van der Waals surface area contributed by atoms with Crippen molar-refractivity contribution in [3.05, 3.63) is 35.8 Å². The number of aromatic nitrogens is 1. The monoisotopic (exact) mass is 501 g/mol. The summed E-state index contributed by atoms with van der Waals surface area (Å²) in [5.41, 5.74) is 0.455. The zero-order valence-electron chi connectivity index (χ0n) is 19.4. The fourth-order valence-electron chi connectivity index (χ4n) is 5.98. The van der Waals surface area contributed by atoms with Crippen LogP contribution in [0, 0.1) is 34.9 Å². The average Bonchev–Trinajstić information content (AvgIpc) is 3.49. The van der Waals surface area contributed by atoms with E-state index in [0.717, 1.165) is 6.42 Å². The zero-order valence-corrected chi connectivity index (χ0v) is 19.4. The highest BCUT2D eigenvalue weighted by atomic mass is 19.3. The number of H-pyrrole nitrogens is 1. The van der Waals surface area contributed by atoms with Gasteiger partial charge in [0.2, 0.25) is 17.7 Å². The molecule has 2 aromatic rings. The predicted octanol–water partition coefficient (Wildman–Crippen LogP) is 2.72. The molecule has 190 valence electrons. The molecule has 1 aromatic carbocycles. The van der Waals surface area contributed by atoms with E-state index >= 15 is 0 Å². The summed E-state index contributed by atoms with van der Waals surface area (Å²) in [6, 6.07) is 5.49. The number of nitrogens with zero attached hydrogens (tertiary/aromatic N) is 2. The van der Waals surface area contributed by atoms with Gasteiger partial charge >= 0.3 is 0 Å². The van der Waals surface area contributed by atoms with Gasteiger partial charge < -0.3 is 20.5 Å². The van der Waals surface area contributed by atoms with Crippen LogP contribution >= 0.6 is 0 Å². The van der Waals surface area contributed by atoms with Gasteiger partial charge in [-0.1, -0.05) is 6.07 Å². The van der Waals surface area contributed by atoms with Crippen LogP contribution in [-0.4, -0.2) is 58.7 Å². The number of piperidine rings is 1. The second kappa shape index (κ2) is 9.15. The van der Waals surface area contributed by atoms with Crippen LogP contribution in [0.25, 0.3) is 10.9 Å². The highest BCUT2D eigenvalue weighted by Crippen LogP contribution is 2.50. The van der Waals surface area contributed by atoms with E-state index in [0.29, 0.717) is 18.5 Å². The lowest BCUT2D eigenvalue weighted by Crippen LogP contribution is -2.52. The quantitative estimate of drug-likeness (QED) is 0.584. The topological polar surface area (TPSA) is 118 Å². The van der Waals surface area contributed by atoms with E-state index in [4.69, 9.17) is 0 Å². The molecule has 1 saturated carbocycles. The number of benzene rings is 1. The maximum Gasteiger partial charge on any atom is 0.271 e. The number of carbonyl (C=O) groups excluding carboxylic acids is 3. The van der Waals surface area contributed by atoms with E-state index in [1.54, 1.807) is 6.07 Å². The van der Waals surface area contributed by atoms with Gasteiger partial charge in [-0.05, 0) is 49.3 Å². The summed E-state index contributed by atoms with van der Waals surface area (Å²) in [6.45, 7) is 0.518. The summed E-state index contributed by atoms with van der Waals surface area (Å²) in [5.74, 6) is -6.72. The van der Waals surface area contributed by atoms with Crippen molar-refractivity contribution >= 4 is 28.6 Å². The van der Waals surface area contributed by atoms with Crippen molar-refractivity contribution in [2.24, 2.45) is 17.8 Å². The second-order valence-corrected chi connectivity index (χ2v) is 10.0. The number of rotatable bonds is 5. The number of nitrogens with one attached hydrogen (secondary N) is 3. The van der Waals surface area contributed by atoms with Crippen LogP contribution in [0.5, 0.6) is 0 Å². The summed E-state index contributed by atoms with van der Waals surface area (Å²) in [5, 5.41) is 15.2. The van der Waals surface area contributed by atoms with Gasteiger partial charge in [0.15, 0.2) is 0 Å². The van der Waals surface area contributed by atoms with E-state index in [1.807, 2.05) is 6.07 Å². The zero-order chi connectivity index (χ0) is 25.6. The van der Waals surface area contributed by atoms with Crippen LogP contribution in [0.3, 0.4) is 0 Å². The van der Waals surface area contributed by atoms with Crippen LogP contribution in [0.4, 0.5) is 13.2 Å². The minimum atomic E-state index is -2.94. The molecule has 1 aromatic heterocycles. The molecule has 11 heteroatoms. The minimum absolute atomic E-state index is 0.0444. The molecule has 5 atom stereocenters. The van der Waals surface area contributed by atoms with Crippen LogP contribution in [0.15, 0.2) is 24.3 Å². The van der Waals surface area contributed by atoms with Gasteiger partial charge in [0.25, 0.3) is 5.91 Å². The number of hydrogen-bond donors (Lipinski definition) is 3. The molecule has 0 bridgehead atoms. The molecule has 3 heterocycles. The first-order chi connectivity index (χ1) is 17.2. The van der Waals surface area contributed by atoms with Gasteiger partial charge in [0.1, 0.15) is 23.6 Å². The lowest BCUT2D eigenvalue weighted by Gasteiger charge is -2.29. The van der Waals surface area contributed by atoms with Crippen molar-refractivity contribution < 1.29 is 27.6 Å². The molecule has 36 heavy (non-hydrogen) atoms. The molecule has 0 unspecified atom stereocenters. The fraction of sp³-hybridized carbons (Fsp3) is 0.520. The lowest BCUT2D eigenvalue weighted by molar-refractivity contribution is -0.129. The van der Waals surface area contributed by atoms with Gasteiger partial charge in [0.05, 0.1) is 6.07 Å². The molecule has 3 fully saturated rings. The Morgan fingerprint density at radius 3 is 2.83 bits per heavy atom. The van der Waals surface area contributed by atoms with Crippen molar-refractivity contribution in [2.45, 2.75) is 50.1 Å². The van der Waals surface area contributed by atoms with Gasteiger partial charge in [-0.25, -0.2) is 13.2 Å². The molecule has 2 aliphatic heterocycles. The van der Waals surface area contributed by atoms with Crippen molar-refractivity contribution in [2.75, 3.05) is 13.1 Å². The Hall–Kier alpha value is -3.55. The number of nitriles is 1. The number of amides is 3. The lowest BCUT2D eigenvalue weighted by atomic mass is 9.90. The standard InChI is InChI=1S/C25H26F3N5O3/c26-18-4-1-5-19-16(18)8-20(32-19)24(36)33-12-14-9-25(27,28)10-17(14)21(33)23(35)31-15(11-29)7-13-3-2-6-30-22(13)34/h1,4-5,8,13-15,17,21,32H,2-3,6-7,9-10,12H2,(H,30,34)(H,31,35)/t13-,14-,15+,17-,21-/m0/s1. The molecule has 8 nitrogen and oxygen atoms in total. The minimum Gasteiger partial charge on any atom is -0.356 e. The third-order valence-corrected chi connectivity index (χ3v) is 7.64. The van der Waals surface area contributed by atoms with Crippen molar-refractivity contribution in [3.8, 4) is 6.07 Å². The third-order valence-electron chi connectivity index (χ3n) is 7.64. The number of aromatic amines is 1. The normalized spacial score (nSPS) is 27.8. The Labute approximate surface area is 205 Å². The summed E-state index contributed by atoms with van der Waals surface area (Å²) >= 11 is 0. The molecule has 3 aliphatic rings. The van der Waals surface area contributed by atoms with Gasteiger partial charge in [0, 0.05) is 42.8 Å². The first kappa shape index (κ1) is 24.2. The van der Waals surface area contributed by atoms with Crippen LogP contribution in [0.2, 0.25) is 0 Å². The maximum atomic E-state index is 14.2. The van der Waals surface area contributed by atoms with Crippen LogP contribution in [-0.2, 0) is 9.59 Å². The Morgan fingerprint density at radius 2 is 2.11 bits per heavy atom. The SMILES string of the molecule is N#C[C@@H](C[C@@H]1CCCNC1=O)NC(=O)[C@@H]1[C@H]2CC(F)(F)C[C@H]2CN1C(=O)c1cc2c(F)cccc2[nH]1. The Kier molecular flexibility index (Phi) is 6.14. The number of likely N-dealkylation sites (tertiary alicyclic amines) is 1. The molecule has 2 saturated heterocycles. The predicted molar refractivity (Wildman–Crippen MR) is 122 cm³/mol. The Morgan fingerprint density at radius 1 is 1.31 bits per heavy atom. The largest absolute Gasteiger partial charge is 0.356 e. The number of carbonyl (C=O) groups is 3. The summed E-state index contributed by atoms with van der Waals surface area (Å²) in [4.78, 5) is 43.0. The van der Waals surface area contributed by atoms with Crippen LogP contribution < -0.4 is 10.6 Å². The van der Waals surface area contributed by atoms with E-state index < -0.39 is 66.2 Å². The van der Waals surface area contributed by atoms with Crippen molar-refractivity contribution in [1.29, 1.82) is 5.26 Å². The Balaban J connectivity index is 1.39. The molecule has 0 radical (unpaired) electrons. The van der Waals surface area contributed by atoms with Gasteiger partial charge in [-0.15, -0.1) is 0 Å². The highest BCUT2D eigenvalue weighted by molar-refractivity contribution is 6.01. The first-order valence-electron chi connectivity index (χ1n) is 12.1. The third kappa shape index (κ3) is 4.40. The summed E-state index contributed by atoms with van der Waals surface area (Å²) in [7, 11) is 0. The average molecular weight is 502 g/mol. The van der Waals surface area contributed by atoms with Crippen molar-refractivity contribution in [3.63, 3.8) is 0 Å². The number of hydrogen-bond acceptors (Lipinski definition) is 4. The Bertz CT molecular complexity index is 1260. The number of fused-ring (bicyclic) bond motifs is 2. The summed E-state index contributed by atoms with van der Waals surface area (Å²) in [6.07, 6.45) is 0.471. The van der Waals surface area contributed by atoms with Crippen molar-refractivity contribution in [1.82, 2.24) is 20.5 Å². The van der Waals surface area contributed by atoms with Gasteiger partial charge in [-0.3, -0.25) is 14.4 Å². The molecule has 3 amide bonds. The smallest absolute Gasteiger partial charge is 0.271 e. The molecule has 0 spiro atoms. The fourth-order valence-corrected chi connectivity index (χ4v) is 5.98. The first-order valence-corrected chi connectivity index (χ1v) is 12.1. The van der Waals surface area contributed by atoms with E-state index in [-0.39, 0.29) is 30.0 Å². The van der Waals surface area contributed by atoms with Crippen LogP contribution in [0.1, 0.15) is 42.6 Å². The number of alkyl halides is 2. The number of halogens is 3. The summed E-state index contributed by atoms with van der Waals surface area (Å²) < 4.78 is 42.6. The molecular weight excluding hydrogens is 475 g/mol. The van der Waals surface area contributed by atoms with E-state index in [2.05, 4.69) is 15.6 Å². The maximum absolute atomic E-state index is 14.2. The van der Waals surface area contributed by atoms with E-state index in [9.17, 15) is 32.8 Å².